The van der Waals surface area contributed by atoms with Crippen molar-refractivity contribution in [2.24, 2.45) is 0 Å². The summed E-state index contributed by atoms with van der Waals surface area (Å²) in [6.45, 7) is 2.41. The number of benzene rings is 2. The van der Waals surface area contributed by atoms with Crippen molar-refractivity contribution in [1.82, 2.24) is 9.80 Å². The van der Waals surface area contributed by atoms with Crippen molar-refractivity contribution >= 4 is 23.1 Å². The summed E-state index contributed by atoms with van der Waals surface area (Å²) in [5.41, 5.74) is 0.305. The molecule has 1 amide bonds. The molecule has 32 heavy (non-hydrogen) atoms. The Labute approximate surface area is 184 Å². The molecule has 0 radical (unpaired) electrons. The largest absolute Gasteiger partial charge is 0.507 e. The van der Waals surface area contributed by atoms with Crippen LogP contribution in [0.5, 0.6) is 0 Å². The van der Waals surface area contributed by atoms with Crippen LogP contribution < -0.4 is 0 Å². The van der Waals surface area contributed by atoms with Gasteiger partial charge in [0.15, 0.2) is 0 Å². The molecule has 1 atom stereocenters. The average molecular weight is 441 g/mol. The van der Waals surface area contributed by atoms with Gasteiger partial charge in [-0.3, -0.25) is 19.7 Å². The van der Waals surface area contributed by atoms with Crippen LogP contribution in [0.2, 0.25) is 0 Å². The van der Waals surface area contributed by atoms with Crippen molar-refractivity contribution in [1.29, 1.82) is 0 Å². The van der Waals surface area contributed by atoms with Crippen LogP contribution in [0.25, 0.3) is 5.76 Å². The molecule has 8 nitrogen and oxygen atoms in total. The second-order valence-corrected chi connectivity index (χ2v) is 7.97. The summed E-state index contributed by atoms with van der Waals surface area (Å²) in [6.07, 6.45) is 0.546. The monoisotopic (exact) mass is 441 g/mol. The van der Waals surface area contributed by atoms with Gasteiger partial charge in [-0.15, -0.1) is 0 Å². The lowest BCUT2D eigenvalue weighted by atomic mass is 9.94. The normalized spacial score (nSPS) is 17.9. The Balaban J connectivity index is 2.15. The van der Waals surface area contributed by atoms with Crippen LogP contribution >= 0.6 is 0 Å². The molecule has 0 aliphatic carbocycles. The maximum atomic E-state index is 14.1. The van der Waals surface area contributed by atoms with Gasteiger partial charge in [-0.25, -0.2) is 4.39 Å². The molecule has 0 spiro atoms. The van der Waals surface area contributed by atoms with Gasteiger partial charge in [0.25, 0.3) is 17.4 Å². The summed E-state index contributed by atoms with van der Waals surface area (Å²) in [5, 5.41) is 22.2. The molecule has 2 aromatic rings. The summed E-state index contributed by atoms with van der Waals surface area (Å²) < 4.78 is 14.1. The zero-order chi connectivity index (χ0) is 23.6. The number of carbonyl (C=O) groups is 2. The van der Waals surface area contributed by atoms with Crippen LogP contribution in [-0.2, 0) is 9.59 Å². The van der Waals surface area contributed by atoms with Gasteiger partial charge >= 0.3 is 0 Å². The molecule has 1 N–H and O–H groups in total. The van der Waals surface area contributed by atoms with Gasteiger partial charge in [-0.05, 0) is 51.2 Å². The first kappa shape index (κ1) is 23.1. The van der Waals surface area contributed by atoms with Crippen LogP contribution in [0, 0.1) is 22.9 Å². The Hall–Kier alpha value is -3.59. The number of ketones is 1. The van der Waals surface area contributed by atoms with Crippen molar-refractivity contribution in [3.63, 3.8) is 0 Å². The topological polar surface area (TPSA) is 104 Å². The van der Waals surface area contributed by atoms with E-state index >= 15 is 0 Å². The maximum absolute atomic E-state index is 14.1. The first-order chi connectivity index (χ1) is 15.1. The van der Waals surface area contributed by atoms with Crippen molar-refractivity contribution in [2.75, 3.05) is 27.2 Å². The molecule has 1 fully saturated rings. The third-order valence-corrected chi connectivity index (χ3v) is 5.39. The molecule has 168 valence electrons. The highest BCUT2D eigenvalue weighted by Crippen LogP contribution is 2.40. The molecule has 1 saturated heterocycles. The van der Waals surface area contributed by atoms with Crippen LogP contribution in [0.1, 0.15) is 29.2 Å². The molecular formula is C23H24FN3O5. The van der Waals surface area contributed by atoms with Crippen LogP contribution in [0.15, 0.2) is 48.0 Å². The minimum absolute atomic E-state index is 0.0508. The molecule has 1 aliphatic rings. The highest BCUT2D eigenvalue weighted by atomic mass is 19.1. The molecule has 0 aromatic heterocycles. The van der Waals surface area contributed by atoms with E-state index in [-0.39, 0.29) is 23.4 Å². The number of Topliss-reactive ketones (excluding diaryl/α,β-unsaturated/α-hetero) is 1. The summed E-state index contributed by atoms with van der Waals surface area (Å²) >= 11 is 0. The minimum Gasteiger partial charge on any atom is -0.507 e. The number of nitro benzene ring substituents is 1. The number of hydrogen-bond donors (Lipinski definition) is 1. The number of carbonyl (C=O) groups excluding carboxylic acids is 2. The number of amides is 1. The van der Waals surface area contributed by atoms with E-state index in [0.717, 1.165) is 6.07 Å². The van der Waals surface area contributed by atoms with E-state index in [1.807, 2.05) is 19.0 Å². The minimum atomic E-state index is -1.03. The predicted molar refractivity (Wildman–Crippen MR) is 116 cm³/mol. The van der Waals surface area contributed by atoms with E-state index in [9.17, 15) is 29.2 Å². The van der Waals surface area contributed by atoms with Gasteiger partial charge in [0.1, 0.15) is 11.6 Å². The highest BCUT2D eigenvalue weighted by Gasteiger charge is 2.46. The van der Waals surface area contributed by atoms with Crippen molar-refractivity contribution in [3.8, 4) is 0 Å². The molecule has 2 aromatic carbocycles. The molecule has 3 rings (SSSR count). The number of aliphatic hydroxyl groups excluding tert-OH is 1. The summed E-state index contributed by atoms with van der Waals surface area (Å²) in [4.78, 5) is 39.7. The number of nitrogens with zero attached hydrogens (tertiary/aromatic N) is 3. The lowest BCUT2D eigenvalue weighted by molar-refractivity contribution is -0.384. The lowest BCUT2D eigenvalue weighted by Crippen LogP contribution is -2.32. The first-order valence-electron chi connectivity index (χ1n) is 10.1. The second kappa shape index (κ2) is 9.27. The number of non-ortho nitro benzene ring substituents is 1. The summed E-state index contributed by atoms with van der Waals surface area (Å²) in [5.74, 6) is -2.81. The fourth-order valence-corrected chi connectivity index (χ4v) is 3.72. The lowest BCUT2D eigenvalue weighted by Gasteiger charge is -2.25. The first-order valence-corrected chi connectivity index (χ1v) is 10.1. The van der Waals surface area contributed by atoms with E-state index in [1.165, 1.54) is 35.2 Å². The van der Waals surface area contributed by atoms with Gasteiger partial charge in [-0.1, -0.05) is 24.3 Å². The summed E-state index contributed by atoms with van der Waals surface area (Å²) in [6, 6.07) is 8.58. The SMILES string of the molecule is Cc1ccc(C(O)=C2C(=O)C(=O)N(CCCN(C)C)C2c2cccc([N+](=O)[O-])c2)cc1F. The Morgan fingerprint density at radius 3 is 2.56 bits per heavy atom. The van der Waals surface area contributed by atoms with Crippen molar-refractivity contribution in [3.05, 3.63) is 80.7 Å². The van der Waals surface area contributed by atoms with E-state index in [1.54, 1.807) is 13.0 Å². The van der Waals surface area contributed by atoms with Crippen molar-refractivity contribution < 1.29 is 24.0 Å². The van der Waals surface area contributed by atoms with Gasteiger partial charge in [0, 0.05) is 24.2 Å². The average Bonchev–Trinajstić information content (AvgIpc) is 3.00. The Kier molecular flexibility index (Phi) is 6.69. The maximum Gasteiger partial charge on any atom is 0.295 e. The van der Waals surface area contributed by atoms with Crippen molar-refractivity contribution in [2.45, 2.75) is 19.4 Å². The van der Waals surface area contributed by atoms with Gasteiger partial charge in [0.05, 0.1) is 16.5 Å². The number of nitro groups is 1. The zero-order valence-electron chi connectivity index (χ0n) is 18.0. The standard InChI is InChI=1S/C23H24FN3O5/c1-14-8-9-16(13-18(14)24)21(28)19-20(15-6-4-7-17(12-15)27(31)32)26(23(30)22(19)29)11-5-10-25(2)3/h4,6-9,12-13,20,28H,5,10-11H2,1-3H3. The second-order valence-electron chi connectivity index (χ2n) is 7.97. The number of halogens is 1. The predicted octanol–water partition coefficient (Wildman–Crippen LogP) is 3.42. The van der Waals surface area contributed by atoms with Crippen LogP contribution in [0.4, 0.5) is 10.1 Å². The molecule has 1 aliphatic heterocycles. The van der Waals surface area contributed by atoms with E-state index in [2.05, 4.69) is 0 Å². The molecule has 0 saturated carbocycles. The third kappa shape index (κ3) is 4.52. The van der Waals surface area contributed by atoms with E-state index in [4.69, 9.17) is 0 Å². The van der Waals surface area contributed by atoms with Crippen LogP contribution in [0.3, 0.4) is 0 Å². The fraction of sp³-hybridized carbons (Fsp3) is 0.304. The highest BCUT2D eigenvalue weighted by molar-refractivity contribution is 6.46. The van der Waals surface area contributed by atoms with Gasteiger partial charge in [-0.2, -0.15) is 0 Å². The summed E-state index contributed by atoms with van der Waals surface area (Å²) in [7, 11) is 3.75. The number of aryl methyl sites for hydroxylation is 1. The Morgan fingerprint density at radius 1 is 1.22 bits per heavy atom. The Morgan fingerprint density at radius 2 is 1.94 bits per heavy atom. The molecular weight excluding hydrogens is 417 g/mol. The van der Waals surface area contributed by atoms with Gasteiger partial charge in [0.2, 0.25) is 0 Å². The number of hydrogen-bond acceptors (Lipinski definition) is 6. The van der Waals surface area contributed by atoms with E-state index in [0.29, 0.717) is 24.1 Å². The molecule has 1 unspecified atom stereocenters. The number of likely N-dealkylation sites (tertiary alicyclic amines) is 1. The van der Waals surface area contributed by atoms with Gasteiger partial charge < -0.3 is 14.9 Å². The molecule has 9 heteroatoms. The quantitative estimate of drug-likeness (QED) is 0.232. The van der Waals surface area contributed by atoms with E-state index < -0.39 is 34.2 Å². The smallest absolute Gasteiger partial charge is 0.295 e. The zero-order valence-corrected chi connectivity index (χ0v) is 18.0. The Bertz CT molecular complexity index is 1110. The van der Waals surface area contributed by atoms with Crippen LogP contribution in [-0.4, -0.2) is 58.7 Å². The molecule has 1 heterocycles. The number of aliphatic hydroxyl groups is 1. The third-order valence-electron chi connectivity index (χ3n) is 5.39. The fourth-order valence-electron chi connectivity index (χ4n) is 3.72. The molecule has 0 bridgehead atoms. The number of rotatable bonds is 7.